The van der Waals surface area contributed by atoms with Gasteiger partial charge in [0.1, 0.15) is 21.7 Å². The number of ether oxygens (including phenoxy) is 1. The number of morpholine rings is 1. The molecule has 0 aliphatic carbocycles. The van der Waals surface area contributed by atoms with Crippen molar-refractivity contribution in [3.63, 3.8) is 0 Å². The van der Waals surface area contributed by atoms with Crippen LogP contribution in [0.25, 0.3) is 0 Å². The predicted octanol–water partition coefficient (Wildman–Crippen LogP) is 2.34. The Kier molecular flexibility index (Phi) is 4.76. The predicted molar refractivity (Wildman–Crippen MR) is 94.0 cm³/mol. The van der Waals surface area contributed by atoms with Gasteiger partial charge in [-0.25, -0.2) is 13.4 Å². The van der Waals surface area contributed by atoms with E-state index in [9.17, 15) is 18.5 Å². The van der Waals surface area contributed by atoms with E-state index < -0.39 is 14.8 Å². The van der Waals surface area contributed by atoms with Crippen LogP contribution in [0.2, 0.25) is 0 Å². The summed E-state index contributed by atoms with van der Waals surface area (Å²) in [6, 6.07) is 4.36. The second-order valence-electron chi connectivity index (χ2n) is 5.79. The van der Waals surface area contributed by atoms with Crippen LogP contribution in [-0.4, -0.2) is 44.3 Å². The molecule has 1 fully saturated rings. The minimum Gasteiger partial charge on any atom is -0.367 e. The highest BCUT2D eigenvalue weighted by atomic mass is 32.2. The highest BCUT2D eigenvalue weighted by molar-refractivity contribution is 7.90. The van der Waals surface area contributed by atoms with Crippen LogP contribution in [0.5, 0.6) is 0 Å². The van der Waals surface area contributed by atoms with Gasteiger partial charge in [0.25, 0.3) is 0 Å². The molecule has 1 aromatic carbocycles. The number of nitro groups is 1. The van der Waals surface area contributed by atoms with Crippen LogP contribution in [0.3, 0.4) is 0 Å². The maximum Gasteiger partial charge on any atom is 0.311 e. The molecule has 0 bridgehead atoms. The van der Waals surface area contributed by atoms with Crippen molar-refractivity contribution in [3.05, 3.63) is 44.4 Å². The number of aromatic nitrogens is 1. The molecular weight excluding hydrogens is 366 g/mol. The van der Waals surface area contributed by atoms with E-state index in [1.165, 1.54) is 23.5 Å². The molecule has 2 aromatic rings. The number of para-hydroxylation sites is 1. The molecule has 1 aliphatic rings. The smallest absolute Gasteiger partial charge is 0.311 e. The molecule has 3 rings (SSSR count). The van der Waals surface area contributed by atoms with Gasteiger partial charge in [-0.05, 0) is 19.1 Å². The zero-order chi connectivity index (χ0) is 18.2. The summed E-state index contributed by atoms with van der Waals surface area (Å²) >= 11 is 1.48. The molecule has 10 heteroatoms. The molecule has 1 unspecified atom stereocenters. The van der Waals surface area contributed by atoms with E-state index in [4.69, 9.17) is 4.74 Å². The number of nitrogens with zero attached hydrogens (tertiary/aromatic N) is 3. The van der Waals surface area contributed by atoms with Crippen molar-refractivity contribution in [2.45, 2.75) is 17.9 Å². The normalized spacial score (nSPS) is 18.3. The topological polar surface area (TPSA) is 103 Å². The number of benzene rings is 1. The van der Waals surface area contributed by atoms with Gasteiger partial charge in [0.15, 0.2) is 9.84 Å². The summed E-state index contributed by atoms with van der Waals surface area (Å²) in [5.74, 6) is 0. The Bertz CT molecular complexity index is 910. The summed E-state index contributed by atoms with van der Waals surface area (Å²) in [6.45, 7) is 3.08. The van der Waals surface area contributed by atoms with Crippen LogP contribution in [0.15, 0.2) is 28.5 Å². The second-order valence-corrected chi connectivity index (χ2v) is 8.66. The fourth-order valence-electron chi connectivity index (χ4n) is 2.79. The van der Waals surface area contributed by atoms with Gasteiger partial charge in [-0.1, -0.05) is 6.07 Å². The molecule has 1 saturated heterocycles. The summed E-state index contributed by atoms with van der Waals surface area (Å²) in [5, 5.41) is 14.3. The molecule has 0 spiro atoms. The highest BCUT2D eigenvalue weighted by Crippen LogP contribution is 2.37. The van der Waals surface area contributed by atoms with Crippen molar-refractivity contribution in [1.82, 2.24) is 4.98 Å². The quantitative estimate of drug-likeness (QED) is 0.590. The Morgan fingerprint density at radius 2 is 2.20 bits per heavy atom. The fraction of sp³-hybridized carbons (Fsp3) is 0.400. The first kappa shape index (κ1) is 17.8. The summed E-state index contributed by atoms with van der Waals surface area (Å²) in [7, 11) is -3.71. The highest BCUT2D eigenvalue weighted by Gasteiger charge is 2.32. The number of thiazole rings is 1. The van der Waals surface area contributed by atoms with E-state index in [-0.39, 0.29) is 22.4 Å². The van der Waals surface area contributed by atoms with Gasteiger partial charge < -0.3 is 9.64 Å². The lowest BCUT2D eigenvalue weighted by atomic mass is 10.2. The number of aryl methyl sites for hydroxylation is 1. The Hall–Kier alpha value is -2.04. The van der Waals surface area contributed by atoms with Crippen LogP contribution >= 0.6 is 11.3 Å². The third kappa shape index (κ3) is 3.65. The van der Waals surface area contributed by atoms with E-state index in [1.807, 2.05) is 12.3 Å². The minimum atomic E-state index is -3.71. The molecule has 0 radical (unpaired) electrons. The van der Waals surface area contributed by atoms with Crippen LogP contribution in [0, 0.1) is 17.0 Å². The molecule has 1 aromatic heterocycles. The van der Waals surface area contributed by atoms with Crippen molar-refractivity contribution in [1.29, 1.82) is 0 Å². The Labute approximate surface area is 149 Å². The van der Waals surface area contributed by atoms with Crippen molar-refractivity contribution in [2.24, 2.45) is 0 Å². The number of rotatable bonds is 4. The Balaban J connectivity index is 2.00. The Morgan fingerprint density at radius 3 is 2.80 bits per heavy atom. The van der Waals surface area contributed by atoms with Gasteiger partial charge in [0, 0.05) is 23.9 Å². The van der Waals surface area contributed by atoms with Crippen LogP contribution in [-0.2, 0) is 14.6 Å². The first-order valence-electron chi connectivity index (χ1n) is 7.53. The first-order chi connectivity index (χ1) is 11.8. The van der Waals surface area contributed by atoms with E-state index in [0.29, 0.717) is 19.7 Å². The van der Waals surface area contributed by atoms with Crippen molar-refractivity contribution < 1.29 is 18.1 Å². The molecule has 1 aliphatic heterocycles. The zero-order valence-electron chi connectivity index (χ0n) is 13.7. The van der Waals surface area contributed by atoms with Gasteiger partial charge in [-0.2, -0.15) is 0 Å². The molecule has 134 valence electrons. The molecule has 1 atom stereocenters. The van der Waals surface area contributed by atoms with Crippen LogP contribution in [0.4, 0.5) is 11.4 Å². The first-order valence-corrected chi connectivity index (χ1v) is 10.3. The maximum atomic E-state index is 11.9. The van der Waals surface area contributed by atoms with Gasteiger partial charge in [0.2, 0.25) is 0 Å². The third-order valence-corrected chi connectivity index (χ3v) is 6.06. The van der Waals surface area contributed by atoms with Gasteiger partial charge in [-0.3, -0.25) is 10.1 Å². The number of nitro benzene ring substituents is 1. The number of sulfone groups is 1. The number of hydrogen-bond acceptors (Lipinski definition) is 8. The van der Waals surface area contributed by atoms with Crippen LogP contribution < -0.4 is 4.90 Å². The van der Waals surface area contributed by atoms with Crippen molar-refractivity contribution >= 4 is 32.5 Å². The van der Waals surface area contributed by atoms with E-state index >= 15 is 0 Å². The summed E-state index contributed by atoms with van der Waals surface area (Å²) < 4.78 is 29.6. The monoisotopic (exact) mass is 383 g/mol. The molecule has 0 amide bonds. The maximum absolute atomic E-state index is 11.9. The second kappa shape index (κ2) is 6.70. The molecule has 25 heavy (non-hydrogen) atoms. The molecular formula is C15H17N3O5S2. The zero-order valence-corrected chi connectivity index (χ0v) is 15.3. The number of hydrogen-bond donors (Lipinski definition) is 0. The minimum absolute atomic E-state index is 0.275. The molecule has 2 heterocycles. The molecule has 0 N–H and O–H groups in total. The standard InChI is InChI=1S/C15H17N3O5S2/c1-10-9-24-15(16-10)12-8-17(6-7-23-12)11-4-3-5-13(25(2,21)22)14(11)18(19)20/h3-5,9,12H,6-8H2,1-2H3. The number of anilines is 1. The lowest BCUT2D eigenvalue weighted by molar-refractivity contribution is -0.387. The SMILES string of the molecule is Cc1csc(C2CN(c3cccc(S(C)(=O)=O)c3[N+](=O)[O-])CCO2)n1. The average molecular weight is 383 g/mol. The molecule has 8 nitrogen and oxygen atoms in total. The largest absolute Gasteiger partial charge is 0.367 e. The molecule has 0 saturated carbocycles. The fourth-order valence-corrected chi connectivity index (χ4v) is 4.48. The third-order valence-electron chi connectivity index (χ3n) is 3.88. The Morgan fingerprint density at radius 1 is 1.44 bits per heavy atom. The van der Waals surface area contributed by atoms with Gasteiger partial charge in [-0.15, -0.1) is 11.3 Å². The lowest BCUT2D eigenvalue weighted by Gasteiger charge is -2.33. The summed E-state index contributed by atoms with van der Waals surface area (Å²) in [5.41, 5.74) is 0.793. The average Bonchev–Trinajstić information content (AvgIpc) is 3.00. The van der Waals surface area contributed by atoms with Crippen molar-refractivity contribution in [2.75, 3.05) is 30.9 Å². The van der Waals surface area contributed by atoms with Crippen molar-refractivity contribution in [3.8, 4) is 0 Å². The summed E-state index contributed by atoms with van der Waals surface area (Å²) in [4.78, 5) is 16.9. The van der Waals surface area contributed by atoms with E-state index in [0.717, 1.165) is 17.0 Å². The van der Waals surface area contributed by atoms with E-state index in [1.54, 1.807) is 11.0 Å². The lowest BCUT2D eigenvalue weighted by Crippen LogP contribution is -2.38. The summed E-state index contributed by atoms with van der Waals surface area (Å²) in [6.07, 6.45) is 0.675. The van der Waals surface area contributed by atoms with E-state index in [2.05, 4.69) is 4.98 Å². The van der Waals surface area contributed by atoms with Gasteiger partial charge in [0.05, 0.1) is 18.1 Å². The van der Waals surface area contributed by atoms with Gasteiger partial charge >= 0.3 is 5.69 Å². The van der Waals surface area contributed by atoms with Crippen LogP contribution in [0.1, 0.15) is 16.8 Å².